The van der Waals surface area contributed by atoms with E-state index in [1.807, 2.05) is 0 Å². The van der Waals surface area contributed by atoms with Gasteiger partial charge in [-0.15, -0.1) is 0 Å². The van der Waals surface area contributed by atoms with E-state index in [0.717, 1.165) is 6.07 Å². The summed E-state index contributed by atoms with van der Waals surface area (Å²) in [7, 11) is 0. The lowest BCUT2D eigenvalue weighted by atomic mass is 10.1. The summed E-state index contributed by atoms with van der Waals surface area (Å²) in [6.45, 7) is 1.69. The standard InChI is InChI=1S/C14H10ClF3N2O/c1-8-6-11(15)9(7-19-8)13(21)20-12-5-3-2-4-10(12)14(16,17)18/h2-7H,1H3,(H,20,21). The zero-order valence-electron chi connectivity index (χ0n) is 10.8. The molecule has 110 valence electrons. The minimum atomic E-state index is -4.56. The number of alkyl halides is 3. The Labute approximate surface area is 123 Å². The molecule has 21 heavy (non-hydrogen) atoms. The van der Waals surface area contributed by atoms with Crippen LogP contribution < -0.4 is 5.32 Å². The maximum absolute atomic E-state index is 12.8. The minimum Gasteiger partial charge on any atom is -0.321 e. The monoisotopic (exact) mass is 314 g/mol. The van der Waals surface area contributed by atoms with Gasteiger partial charge in [0.1, 0.15) is 0 Å². The second-order valence-corrected chi connectivity index (χ2v) is 4.71. The number of rotatable bonds is 2. The third kappa shape index (κ3) is 3.52. The normalized spacial score (nSPS) is 11.3. The van der Waals surface area contributed by atoms with Crippen molar-refractivity contribution in [3.8, 4) is 0 Å². The van der Waals surface area contributed by atoms with E-state index in [-0.39, 0.29) is 16.3 Å². The van der Waals surface area contributed by atoms with Gasteiger partial charge in [-0.05, 0) is 25.1 Å². The van der Waals surface area contributed by atoms with Gasteiger partial charge >= 0.3 is 6.18 Å². The molecule has 0 aliphatic carbocycles. The lowest BCUT2D eigenvalue weighted by Crippen LogP contribution is -2.17. The van der Waals surface area contributed by atoms with E-state index in [1.54, 1.807) is 6.92 Å². The smallest absolute Gasteiger partial charge is 0.321 e. The number of amides is 1. The number of benzene rings is 1. The predicted octanol–water partition coefficient (Wildman–Crippen LogP) is 4.31. The van der Waals surface area contributed by atoms with Crippen LogP contribution >= 0.6 is 11.6 Å². The van der Waals surface area contributed by atoms with Crippen molar-refractivity contribution >= 4 is 23.2 Å². The lowest BCUT2D eigenvalue weighted by Gasteiger charge is -2.13. The van der Waals surface area contributed by atoms with Crippen LogP contribution in [-0.4, -0.2) is 10.9 Å². The maximum Gasteiger partial charge on any atom is 0.418 e. The molecular weight excluding hydrogens is 305 g/mol. The molecule has 2 rings (SSSR count). The average Bonchev–Trinajstić information content (AvgIpc) is 2.37. The molecule has 7 heteroatoms. The third-order valence-corrected chi connectivity index (χ3v) is 3.03. The number of hydrogen-bond donors (Lipinski definition) is 1. The van der Waals surface area contributed by atoms with Gasteiger partial charge in [0.15, 0.2) is 0 Å². The van der Waals surface area contributed by atoms with Gasteiger partial charge in [0.25, 0.3) is 5.91 Å². The highest BCUT2D eigenvalue weighted by Crippen LogP contribution is 2.34. The van der Waals surface area contributed by atoms with Crippen LogP contribution in [-0.2, 0) is 6.18 Å². The molecule has 0 fully saturated rings. The molecule has 1 N–H and O–H groups in total. The molecule has 0 atom stereocenters. The number of carbonyl (C=O) groups is 1. The number of anilines is 1. The van der Waals surface area contributed by atoms with Crippen LogP contribution in [0.15, 0.2) is 36.5 Å². The Morgan fingerprint density at radius 1 is 1.29 bits per heavy atom. The number of halogens is 4. The fourth-order valence-corrected chi connectivity index (χ4v) is 2.02. The molecule has 1 aromatic heterocycles. The Hall–Kier alpha value is -2.08. The average molecular weight is 315 g/mol. The number of para-hydroxylation sites is 1. The van der Waals surface area contributed by atoms with Gasteiger partial charge in [0, 0.05) is 11.9 Å². The van der Waals surface area contributed by atoms with Gasteiger partial charge in [0.05, 0.1) is 21.8 Å². The summed E-state index contributed by atoms with van der Waals surface area (Å²) in [6.07, 6.45) is -3.33. The minimum absolute atomic E-state index is 0.0132. The fourth-order valence-electron chi connectivity index (χ4n) is 1.72. The van der Waals surface area contributed by atoms with E-state index in [4.69, 9.17) is 11.6 Å². The SMILES string of the molecule is Cc1cc(Cl)c(C(=O)Nc2ccccc2C(F)(F)F)cn1. The largest absolute Gasteiger partial charge is 0.418 e. The van der Waals surface area contributed by atoms with Crippen LogP contribution in [0.1, 0.15) is 21.6 Å². The van der Waals surface area contributed by atoms with Crippen LogP contribution in [0.5, 0.6) is 0 Å². The topological polar surface area (TPSA) is 42.0 Å². The summed E-state index contributed by atoms with van der Waals surface area (Å²) < 4.78 is 38.5. The molecule has 0 bridgehead atoms. The molecule has 1 heterocycles. The van der Waals surface area contributed by atoms with Crippen molar-refractivity contribution in [1.82, 2.24) is 4.98 Å². The van der Waals surface area contributed by atoms with Crippen molar-refractivity contribution in [2.45, 2.75) is 13.1 Å². The first-order chi connectivity index (χ1) is 9.79. The highest BCUT2D eigenvalue weighted by atomic mass is 35.5. The first-order valence-corrected chi connectivity index (χ1v) is 6.26. The molecule has 0 radical (unpaired) electrons. The molecule has 0 aliphatic heterocycles. The molecule has 2 aromatic rings. The van der Waals surface area contributed by atoms with Crippen molar-refractivity contribution in [1.29, 1.82) is 0 Å². The zero-order chi connectivity index (χ0) is 15.6. The summed E-state index contributed by atoms with van der Waals surface area (Å²) >= 11 is 5.90. The highest BCUT2D eigenvalue weighted by molar-refractivity contribution is 6.34. The molecular formula is C14H10ClF3N2O. The van der Waals surface area contributed by atoms with Crippen molar-refractivity contribution in [2.75, 3.05) is 5.32 Å². The second kappa shape index (κ2) is 5.73. The van der Waals surface area contributed by atoms with Crippen LogP contribution in [0.3, 0.4) is 0 Å². The molecule has 0 aliphatic rings. The van der Waals surface area contributed by atoms with Gasteiger partial charge in [-0.25, -0.2) is 0 Å². The van der Waals surface area contributed by atoms with E-state index < -0.39 is 17.6 Å². The maximum atomic E-state index is 12.8. The highest BCUT2D eigenvalue weighted by Gasteiger charge is 2.33. The number of hydrogen-bond acceptors (Lipinski definition) is 2. The van der Waals surface area contributed by atoms with Crippen LogP contribution in [0.25, 0.3) is 0 Å². The van der Waals surface area contributed by atoms with Gasteiger partial charge in [-0.2, -0.15) is 13.2 Å². The second-order valence-electron chi connectivity index (χ2n) is 4.30. The summed E-state index contributed by atoms with van der Waals surface area (Å²) in [6, 6.07) is 6.19. The van der Waals surface area contributed by atoms with E-state index in [1.165, 1.54) is 30.5 Å². The van der Waals surface area contributed by atoms with E-state index in [9.17, 15) is 18.0 Å². The fraction of sp³-hybridized carbons (Fsp3) is 0.143. The van der Waals surface area contributed by atoms with Crippen LogP contribution in [0.4, 0.5) is 18.9 Å². The predicted molar refractivity (Wildman–Crippen MR) is 73.4 cm³/mol. The Balaban J connectivity index is 2.32. The summed E-state index contributed by atoms with van der Waals surface area (Å²) in [4.78, 5) is 15.9. The zero-order valence-corrected chi connectivity index (χ0v) is 11.6. The summed E-state index contributed by atoms with van der Waals surface area (Å²) in [5.41, 5.74) is -0.632. The van der Waals surface area contributed by atoms with E-state index in [0.29, 0.717) is 5.69 Å². The molecule has 1 amide bonds. The Kier molecular flexibility index (Phi) is 4.18. The first kappa shape index (κ1) is 15.3. The first-order valence-electron chi connectivity index (χ1n) is 5.89. The van der Waals surface area contributed by atoms with Crippen molar-refractivity contribution in [3.63, 3.8) is 0 Å². The molecule has 0 unspecified atom stereocenters. The number of pyridine rings is 1. The lowest BCUT2D eigenvalue weighted by molar-refractivity contribution is -0.136. The molecule has 0 saturated heterocycles. The van der Waals surface area contributed by atoms with Crippen LogP contribution in [0.2, 0.25) is 5.02 Å². The number of aromatic nitrogens is 1. The number of aryl methyl sites for hydroxylation is 1. The van der Waals surface area contributed by atoms with E-state index >= 15 is 0 Å². The summed E-state index contributed by atoms with van der Waals surface area (Å²) in [5, 5.41) is 2.34. The van der Waals surface area contributed by atoms with Gasteiger partial charge in [-0.1, -0.05) is 23.7 Å². The number of nitrogens with zero attached hydrogens (tertiary/aromatic N) is 1. The Bertz CT molecular complexity index is 686. The van der Waals surface area contributed by atoms with Crippen molar-refractivity contribution < 1.29 is 18.0 Å². The number of carbonyl (C=O) groups excluding carboxylic acids is 1. The summed E-state index contributed by atoms with van der Waals surface area (Å²) in [5.74, 6) is -0.746. The Morgan fingerprint density at radius 2 is 1.95 bits per heavy atom. The van der Waals surface area contributed by atoms with Crippen molar-refractivity contribution in [3.05, 3.63) is 58.4 Å². The van der Waals surface area contributed by atoms with Crippen molar-refractivity contribution in [2.24, 2.45) is 0 Å². The van der Waals surface area contributed by atoms with Gasteiger partial charge in [-0.3, -0.25) is 9.78 Å². The molecule has 0 spiro atoms. The van der Waals surface area contributed by atoms with E-state index in [2.05, 4.69) is 10.3 Å². The quantitative estimate of drug-likeness (QED) is 0.897. The molecule has 3 nitrogen and oxygen atoms in total. The van der Waals surface area contributed by atoms with Crippen LogP contribution in [0, 0.1) is 6.92 Å². The molecule has 0 saturated carbocycles. The number of nitrogens with one attached hydrogen (secondary N) is 1. The third-order valence-electron chi connectivity index (χ3n) is 2.72. The van der Waals surface area contributed by atoms with Gasteiger partial charge in [0.2, 0.25) is 0 Å². The Morgan fingerprint density at radius 3 is 2.57 bits per heavy atom. The molecule has 1 aromatic carbocycles. The van der Waals surface area contributed by atoms with Gasteiger partial charge < -0.3 is 5.32 Å².